The highest BCUT2D eigenvalue weighted by Crippen LogP contribution is 2.08. The topological polar surface area (TPSA) is 42.0 Å². The van der Waals surface area contributed by atoms with E-state index in [1.807, 2.05) is 41.8 Å². The summed E-state index contributed by atoms with van der Waals surface area (Å²) in [5.74, 6) is 0. The molecule has 1 amide bonds. The third kappa shape index (κ3) is 7.64. The maximum absolute atomic E-state index is 11.7. The van der Waals surface area contributed by atoms with Gasteiger partial charge >= 0.3 is 6.09 Å². The van der Waals surface area contributed by atoms with Crippen LogP contribution in [-0.4, -0.2) is 61.3 Å². The number of halogens is 1. The number of carbonyl (C=O) groups excluding carboxylic acids is 1. The van der Waals surface area contributed by atoms with Gasteiger partial charge in [-0.25, -0.2) is 4.79 Å². The third-order valence-corrected chi connectivity index (χ3v) is 3.85. The van der Waals surface area contributed by atoms with E-state index in [9.17, 15) is 4.79 Å². The standard InChI is InChI=1S/C14H27IN2O3/c1-13(2)20-14(18)17-10-8-16(9-11-17)7-5-3-4-6-12-19-15/h13H,3-12H2,1-2H3. The molecule has 0 bridgehead atoms. The van der Waals surface area contributed by atoms with Crippen LogP contribution in [0.5, 0.6) is 0 Å². The minimum Gasteiger partial charge on any atom is -0.447 e. The molecule has 1 heterocycles. The lowest BCUT2D eigenvalue weighted by Gasteiger charge is -2.34. The predicted octanol–water partition coefficient (Wildman–Crippen LogP) is 3.08. The lowest BCUT2D eigenvalue weighted by atomic mass is 10.2. The molecule has 1 aliphatic rings. The minimum absolute atomic E-state index is 0.0351. The number of nitrogens with zero attached hydrogens (tertiary/aromatic N) is 2. The third-order valence-electron chi connectivity index (χ3n) is 3.41. The summed E-state index contributed by atoms with van der Waals surface area (Å²) >= 11 is 1.95. The first-order valence-electron chi connectivity index (χ1n) is 7.55. The van der Waals surface area contributed by atoms with E-state index < -0.39 is 0 Å². The number of ether oxygens (including phenoxy) is 1. The Bertz CT molecular complexity index is 269. The highest BCUT2D eigenvalue weighted by Gasteiger charge is 2.22. The number of piperazine rings is 1. The van der Waals surface area contributed by atoms with Crippen molar-refractivity contribution in [2.45, 2.75) is 45.6 Å². The molecule has 0 spiro atoms. The summed E-state index contributed by atoms with van der Waals surface area (Å²) in [5, 5.41) is 0. The number of hydrogen-bond donors (Lipinski definition) is 0. The Balaban J connectivity index is 2.05. The van der Waals surface area contributed by atoms with Crippen LogP contribution in [0.2, 0.25) is 0 Å². The molecule has 0 aromatic heterocycles. The van der Waals surface area contributed by atoms with Crippen LogP contribution in [0.3, 0.4) is 0 Å². The number of hydrogen-bond acceptors (Lipinski definition) is 4. The molecule has 1 aliphatic heterocycles. The molecule has 0 atom stereocenters. The first kappa shape index (κ1) is 18.0. The maximum atomic E-state index is 11.7. The SMILES string of the molecule is CC(C)OC(=O)N1CCN(CCCCCCOI)CC1. The van der Waals surface area contributed by atoms with Crippen molar-refractivity contribution in [3.8, 4) is 0 Å². The fraction of sp³-hybridized carbons (Fsp3) is 0.929. The van der Waals surface area contributed by atoms with E-state index in [2.05, 4.69) is 4.90 Å². The molecule has 1 rings (SSSR count). The van der Waals surface area contributed by atoms with Crippen LogP contribution in [0.15, 0.2) is 0 Å². The molecule has 6 heteroatoms. The van der Waals surface area contributed by atoms with Gasteiger partial charge in [0.1, 0.15) is 23.0 Å². The number of rotatable bonds is 8. The van der Waals surface area contributed by atoms with Gasteiger partial charge in [0.2, 0.25) is 0 Å². The lowest BCUT2D eigenvalue weighted by Crippen LogP contribution is -2.49. The van der Waals surface area contributed by atoms with Crippen molar-refractivity contribution in [2.75, 3.05) is 39.3 Å². The largest absolute Gasteiger partial charge is 0.447 e. The minimum atomic E-state index is -0.168. The fourth-order valence-corrected chi connectivity index (χ4v) is 2.59. The molecule has 0 radical (unpaired) electrons. The zero-order valence-electron chi connectivity index (χ0n) is 12.6. The molecule has 0 N–H and O–H groups in total. The summed E-state index contributed by atoms with van der Waals surface area (Å²) in [7, 11) is 0. The zero-order valence-corrected chi connectivity index (χ0v) is 14.8. The number of unbranched alkanes of at least 4 members (excludes halogenated alkanes) is 3. The normalized spacial score (nSPS) is 16.7. The summed E-state index contributed by atoms with van der Waals surface area (Å²) in [4.78, 5) is 16.0. The van der Waals surface area contributed by atoms with Gasteiger partial charge in [-0.05, 0) is 33.2 Å². The second-order valence-corrected chi connectivity index (χ2v) is 6.11. The Morgan fingerprint density at radius 2 is 1.75 bits per heavy atom. The highest BCUT2D eigenvalue weighted by atomic mass is 127. The summed E-state index contributed by atoms with van der Waals surface area (Å²) in [6.07, 6.45) is 4.68. The van der Waals surface area contributed by atoms with Crippen molar-refractivity contribution in [2.24, 2.45) is 0 Å². The van der Waals surface area contributed by atoms with Crippen LogP contribution in [0.25, 0.3) is 0 Å². The van der Waals surface area contributed by atoms with Gasteiger partial charge in [0.15, 0.2) is 0 Å². The Kier molecular flexibility index (Phi) is 9.54. The van der Waals surface area contributed by atoms with Crippen molar-refractivity contribution in [1.29, 1.82) is 0 Å². The van der Waals surface area contributed by atoms with Gasteiger partial charge in [-0.1, -0.05) is 12.8 Å². The van der Waals surface area contributed by atoms with E-state index in [1.54, 1.807) is 0 Å². The predicted molar refractivity (Wildman–Crippen MR) is 88.1 cm³/mol. The van der Waals surface area contributed by atoms with Gasteiger partial charge in [-0.3, -0.25) is 4.90 Å². The molecule has 118 valence electrons. The van der Waals surface area contributed by atoms with E-state index in [1.165, 1.54) is 19.3 Å². The van der Waals surface area contributed by atoms with Crippen LogP contribution < -0.4 is 0 Å². The van der Waals surface area contributed by atoms with Crippen LogP contribution in [0, 0.1) is 0 Å². The number of carbonyl (C=O) groups is 1. The van der Waals surface area contributed by atoms with Gasteiger partial charge in [0, 0.05) is 26.2 Å². The highest BCUT2D eigenvalue weighted by molar-refractivity contribution is 14.1. The summed E-state index contributed by atoms with van der Waals surface area (Å²) in [5.41, 5.74) is 0. The zero-order chi connectivity index (χ0) is 14.8. The van der Waals surface area contributed by atoms with Crippen molar-refractivity contribution >= 4 is 29.1 Å². The molecule has 5 nitrogen and oxygen atoms in total. The molecule has 1 fully saturated rings. The second kappa shape index (κ2) is 10.6. The first-order valence-corrected chi connectivity index (χ1v) is 8.43. The van der Waals surface area contributed by atoms with E-state index >= 15 is 0 Å². The summed E-state index contributed by atoms with van der Waals surface area (Å²) < 4.78 is 10.2. The van der Waals surface area contributed by atoms with Gasteiger partial charge in [0.25, 0.3) is 0 Å². The van der Waals surface area contributed by atoms with Crippen molar-refractivity contribution in [1.82, 2.24) is 9.80 Å². The monoisotopic (exact) mass is 398 g/mol. The van der Waals surface area contributed by atoms with Crippen LogP contribution in [0.1, 0.15) is 39.5 Å². The summed E-state index contributed by atoms with van der Waals surface area (Å²) in [6, 6.07) is 0. The van der Waals surface area contributed by atoms with E-state index in [4.69, 9.17) is 7.80 Å². The molecule has 20 heavy (non-hydrogen) atoms. The van der Waals surface area contributed by atoms with E-state index in [0.29, 0.717) is 0 Å². The molecule has 0 aromatic carbocycles. The average Bonchev–Trinajstić information content (AvgIpc) is 2.42. The molecule has 0 unspecified atom stereocenters. The number of amides is 1. The second-order valence-electron chi connectivity index (χ2n) is 5.49. The Labute approximate surface area is 136 Å². The van der Waals surface area contributed by atoms with Crippen LogP contribution in [-0.2, 0) is 7.80 Å². The van der Waals surface area contributed by atoms with Crippen molar-refractivity contribution < 1.29 is 12.6 Å². The smallest absolute Gasteiger partial charge is 0.410 e. The molecular formula is C14H27IN2O3. The molecule has 1 saturated heterocycles. The fourth-order valence-electron chi connectivity index (χ4n) is 2.28. The Morgan fingerprint density at radius 3 is 2.35 bits per heavy atom. The van der Waals surface area contributed by atoms with Crippen LogP contribution >= 0.6 is 23.0 Å². The van der Waals surface area contributed by atoms with Gasteiger partial charge < -0.3 is 12.7 Å². The Morgan fingerprint density at radius 1 is 1.10 bits per heavy atom. The van der Waals surface area contributed by atoms with E-state index in [0.717, 1.165) is 45.8 Å². The van der Waals surface area contributed by atoms with Gasteiger partial charge in [0.05, 0.1) is 12.7 Å². The van der Waals surface area contributed by atoms with Crippen LogP contribution in [0.4, 0.5) is 4.79 Å². The molecule has 0 aromatic rings. The molecular weight excluding hydrogens is 371 g/mol. The van der Waals surface area contributed by atoms with Gasteiger partial charge in [-0.15, -0.1) is 0 Å². The van der Waals surface area contributed by atoms with E-state index in [-0.39, 0.29) is 12.2 Å². The maximum Gasteiger partial charge on any atom is 0.410 e. The summed E-state index contributed by atoms with van der Waals surface area (Å²) in [6.45, 7) is 9.26. The molecule has 0 saturated carbocycles. The average molecular weight is 398 g/mol. The molecule has 0 aliphatic carbocycles. The van der Waals surface area contributed by atoms with Crippen molar-refractivity contribution in [3.05, 3.63) is 0 Å². The lowest BCUT2D eigenvalue weighted by molar-refractivity contribution is 0.0569. The Hall–Kier alpha value is -0.0800. The van der Waals surface area contributed by atoms with Crippen molar-refractivity contribution in [3.63, 3.8) is 0 Å². The quantitative estimate of drug-likeness (QED) is 0.466. The van der Waals surface area contributed by atoms with Gasteiger partial charge in [-0.2, -0.15) is 0 Å². The first-order chi connectivity index (χ1) is 9.63.